The molecule has 0 heterocycles. The van der Waals surface area contributed by atoms with Crippen LogP contribution in [-0.2, 0) is 13.1 Å². The van der Waals surface area contributed by atoms with Gasteiger partial charge in [0, 0.05) is 19.6 Å². The van der Waals surface area contributed by atoms with Crippen LogP contribution >= 0.6 is 12.2 Å². The molecular weight excluding hydrogens is 324 g/mol. The highest BCUT2D eigenvalue weighted by Crippen LogP contribution is 2.15. The van der Waals surface area contributed by atoms with Crippen molar-refractivity contribution in [3.63, 3.8) is 0 Å². The molecule has 0 spiro atoms. The highest BCUT2D eigenvalue weighted by atomic mass is 32.1. The Bertz CT molecular complexity index is 665. The average molecular weight is 355 g/mol. The van der Waals surface area contributed by atoms with Crippen LogP contribution in [-0.4, -0.2) is 16.6 Å². The minimum absolute atomic E-state index is 0.791. The third kappa shape index (κ3) is 6.71. The van der Waals surface area contributed by atoms with Crippen LogP contribution < -0.4 is 5.32 Å². The van der Waals surface area contributed by atoms with Gasteiger partial charge in [-0.1, -0.05) is 75.0 Å². The molecule has 0 fully saturated rings. The summed E-state index contributed by atoms with van der Waals surface area (Å²) < 4.78 is 0. The topological polar surface area (TPSA) is 15.3 Å². The monoisotopic (exact) mass is 354 g/mol. The Morgan fingerprint density at radius 1 is 1.08 bits per heavy atom. The summed E-state index contributed by atoms with van der Waals surface area (Å²) >= 11 is 5.55. The summed E-state index contributed by atoms with van der Waals surface area (Å²) in [5.74, 6) is 0. The van der Waals surface area contributed by atoms with Crippen LogP contribution in [0.4, 0.5) is 0 Å². The van der Waals surface area contributed by atoms with Gasteiger partial charge < -0.3 is 10.2 Å². The number of benzene rings is 2. The van der Waals surface area contributed by atoms with Crippen molar-refractivity contribution in [2.75, 3.05) is 6.54 Å². The van der Waals surface area contributed by atoms with E-state index in [1.54, 1.807) is 0 Å². The van der Waals surface area contributed by atoms with Crippen LogP contribution in [0.5, 0.6) is 0 Å². The lowest BCUT2D eigenvalue weighted by Crippen LogP contribution is -2.38. The number of thiocarbonyl (C=S) groups is 1. The van der Waals surface area contributed by atoms with Gasteiger partial charge >= 0.3 is 0 Å². The molecule has 0 saturated heterocycles. The van der Waals surface area contributed by atoms with Gasteiger partial charge in [-0.3, -0.25) is 0 Å². The molecule has 0 aliphatic rings. The number of rotatable bonds is 6. The lowest BCUT2D eigenvalue weighted by atomic mass is 10.0. The fourth-order valence-electron chi connectivity index (χ4n) is 2.55. The molecule has 0 unspecified atom stereocenters. The number of hydrogen-bond donors (Lipinski definition) is 1. The fourth-order valence-corrected chi connectivity index (χ4v) is 2.83. The van der Waals surface area contributed by atoms with Gasteiger partial charge in [-0.2, -0.15) is 0 Å². The number of hydrogen-bond acceptors (Lipinski definition) is 1. The van der Waals surface area contributed by atoms with Crippen molar-refractivity contribution in [2.24, 2.45) is 0 Å². The molecule has 2 rings (SSSR count). The molecule has 0 amide bonds. The zero-order valence-electron chi connectivity index (χ0n) is 15.9. The Balaban J connectivity index is 0.00000151. The third-order valence-corrected chi connectivity index (χ3v) is 4.16. The van der Waals surface area contributed by atoms with E-state index < -0.39 is 0 Å². The lowest BCUT2D eigenvalue weighted by molar-refractivity contribution is 0.400. The van der Waals surface area contributed by atoms with Crippen molar-refractivity contribution in [3.8, 4) is 0 Å². The SMILES string of the molecule is C=Cc1ccc(CN(Cc2ccccc2)C(=S)NCC)cc1C.CC. The first-order chi connectivity index (χ1) is 12.1. The van der Waals surface area contributed by atoms with Gasteiger partial charge in [0.05, 0.1) is 0 Å². The molecule has 0 bridgehead atoms. The average Bonchev–Trinajstić information content (AvgIpc) is 2.64. The summed E-state index contributed by atoms with van der Waals surface area (Å²) in [6, 6.07) is 16.9. The maximum absolute atomic E-state index is 5.55. The van der Waals surface area contributed by atoms with Gasteiger partial charge in [0.2, 0.25) is 0 Å². The zero-order chi connectivity index (χ0) is 18.7. The summed E-state index contributed by atoms with van der Waals surface area (Å²) in [7, 11) is 0. The Labute approximate surface area is 158 Å². The van der Waals surface area contributed by atoms with Crippen LogP contribution in [0.2, 0.25) is 0 Å². The molecule has 0 aliphatic heterocycles. The van der Waals surface area contributed by atoms with E-state index in [2.05, 4.69) is 73.1 Å². The lowest BCUT2D eigenvalue weighted by Gasteiger charge is -2.26. The summed E-state index contributed by atoms with van der Waals surface area (Å²) in [5, 5.41) is 4.06. The second-order valence-electron chi connectivity index (χ2n) is 5.57. The van der Waals surface area contributed by atoms with Gasteiger partial charge in [0.25, 0.3) is 0 Å². The number of nitrogens with one attached hydrogen (secondary N) is 1. The van der Waals surface area contributed by atoms with E-state index in [0.29, 0.717) is 0 Å². The number of aryl methyl sites for hydroxylation is 1. The molecule has 0 aromatic heterocycles. The maximum Gasteiger partial charge on any atom is 0.169 e. The molecule has 134 valence electrons. The van der Waals surface area contributed by atoms with E-state index in [4.69, 9.17) is 12.2 Å². The Morgan fingerprint density at radius 2 is 1.72 bits per heavy atom. The quantitative estimate of drug-likeness (QED) is 0.684. The van der Waals surface area contributed by atoms with E-state index >= 15 is 0 Å². The van der Waals surface area contributed by atoms with Crippen molar-refractivity contribution in [1.82, 2.24) is 10.2 Å². The van der Waals surface area contributed by atoms with E-state index in [0.717, 1.165) is 24.7 Å². The van der Waals surface area contributed by atoms with Gasteiger partial charge in [-0.05, 0) is 48.3 Å². The van der Waals surface area contributed by atoms with Crippen LogP contribution in [0.15, 0.2) is 55.1 Å². The maximum atomic E-state index is 5.55. The van der Waals surface area contributed by atoms with Gasteiger partial charge in [-0.15, -0.1) is 0 Å². The standard InChI is InChI=1S/C20H24N2S.C2H6/c1-4-19-12-11-18(13-16(19)3)15-22(20(23)21-5-2)14-17-9-7-6-8-10-17;1-2/h4,6-13H,1,5,14-15H2,2-3H3,(H,21,23);1-2H3. The summed E-state index contributed by atoms with van der Waals surface area (Å²) in [6.45, 7) is 14.5. The highest BCUT2D eigenvalue weighted by Gasteiger charge is 2.11. The fraction of sp³-hybridized carbons (Fsp3) is 0.318. The minimum atomic E-state index is 0.791. The molecular formula is C22H30N2S. The van der Waals surface area contributed by atoms with Gasteiger partial charge in [-0.25, -0.2) is 0 Å². The van der Waals surface area contributed by atoms with Crippen molar-refractivity contribution in [2.45, 2.75) is 40.8 Å². The van der Waals surface area contributed by atoms with Crippen molar-refractivity contribution in [1.29, 1.82) is 0 Å². The molecule has 0 radical (unpaired) electrons. The Morgan fingerprint density at radius 3 is 2.28 bits per heavy atom. The Kier molecular flexibility index (Phi) is 9.56. The zero-order valence-corrected chi connectivity index (χ0v) is 16.7. The van der Waals surface area contributed by atoms with E-state index in [-0.39, 0.29) is 0 Å². The molecule has 1 N–H and O–H groups in total. The number of nitrogens with zero attached hydrogens (tertiary/aromatic N) is 1. The highest BCUT2D eigenvalue weighted by molar-refractivity contribution is 7.80. The molecule has 2 nitrogen and oxygen atoms in total. The first-order valence-corrected chi connectivity index (χ1v) is 9.33. The first-order valence-electron chi connectivity index (χ1n) is 8.92. The molecule has 25 heavy (non-hydrogen) atoms. The predicted molar refractivity (Wildman–Crippen MR) is 115 cm³/mol. The Hall–Kier alpha value is -2.13. The summed E-state index contributed by atoms with van der Waals surface area (Å²) in [4.78, 5) is 2.20. The van der Waals surface area contributed by atoms with Gasteiger partial charge in [0.1, 0.15) is 0 Å². The van der Waals surface area contributed by atoms with E-state index in [9.17, 15) is 0 Å². The van der Waals surface area contributed by atoms with E-state index in [1.807, 2.05) is 26.0 Å². The summed E-state index contributed by atoms with van der Waals surface area (Å²) in [5.41, 5.74) is 4.93. The second kappa shape index (κ2) is 11.4. The summed E-state index contributed by atoms with van der Waals surface area (Å²) in [6.07, 6.45) is 1.89. The molecule has 0 atom stereocenters. The van der Waals surface area contributed by atoms with Gasteiger partial charge in [0.15, 0.2) is 5.11 Å². The normalized spacial score (nSPS) is 9.60. The molecule has 0 saturated carbocycles. The largest absolute Gasteiger partial charge is 0.363 e. The first kappa shape index (κ1) is 20.9. The van der Waals surface area contributed by atoms with Crippen molar-refractivity contribution >= 4 is 23.4 Å². The van der Waals surface area contributed by atoms with Crippen LogP contribution in [0, 0.1) is 6.92 Å². The molecule has 0 aliphatic carbocycles. The van der Waals surface area contributed by atoms with Crippen molar-refractivity contribution in [3.05, 3.63) is 77.4 Å². The van der Waals surface area contributed by atoms with Crippen LogP contribution in [0.1, 0.15) is 43.0 Å². The predicted octanol–water partition coefficient (Wildman–Crippen LogP) is 5.56. The van der Waals surface area contributed by atoms with Crippen LogP contribution in [0.3, 0.4) is 0 Å². The van der Waals surface area contributed by atoms with E-state index in [1.165, 1.54) is 22.3 Å². The smallest absolute Gasteiger partial charge is 0.169 e. The molecule has 2 aromatic rings. The minimum Gasteiger partial charge on any atom is -0.363 e. The third-order valence-electron chi connectivity index (χ3n) is 3.76. The van der Waals surface area contributed by atoms with Crippen LogP contribution in [0.25, 0.3) is 6.08 Å². The second-order valence-corrected chi connectivity index (χ2v) is 5.96. The van der Waals surface area contributed by atoms with Crippen molar-refractivity contribution < 1.29 is 0 Å². The molecule has 3 heteroatoms. The molecule has 2 aromatic carbocycles.